The predicted molar refractivity (Wildman–Crippen MR) is 104 cm³/mol. The van der Waals surface area contributed by atoms with Gasteiger partial charge in [0.15, 0.2) is 0 Å². The van der Waals surface area contributed by atoms with Crippen molar-refractivity contribution in [3.63, 3.8) is 0 Å². The molecule has 2 aromatic heterocycles. The van der Waals surface area contributed by atoms with Gasteiger partial charge < -0.3 is 10.1 Å². The van der Waals surface area contributed by atoms with Crippen LogP contribution in [0, 0.1) is 6.92 Å². The molecule has 0 aliphatic heterocycles. The van der Waals surface area contributed by atoms with Gasteiger partial charge in [0.1, 0.15) is 0 Å². The molecule has 0 amide bonds. The molecule has 0 atom stereocenters. The quantitative estimate of drug-likeness (QED) is 0.451. The minimum absolute atomic E-state index is 0.283. The van der Waals surface area contributed by atoms with Crippen molar-refractivity contribution in [3.05, 3.63) is 70.7 Å². The van der Waals surface area contributed by atoms with E-state index in [1.807, 2.05) is 36.4 Å². The largest absolute Gasteiger partial charge is 0.478 e. The number of aromatic amines is 1. The highest BCUT2D eigenvalue weighted by Gasteiger charge is 2.11. The first-order chi connectivity index (χ1) is 12.0. The number of thiophene rings is 1. The van der Waals surface area contributed by atoms with Gasteiger partial charge in [0.05, 0.1) is 25.9 Å². The maximum atomic E-state index is 11.0. The van der Waals surface area contributed by atoms with Crippen LogP contribution in [-0.2, 0) is 0 Å². The van der Waals surface area contributed by atoms with Crippen molar-refractivity contribution in [2.75, 3.05) is 0 Å². The van der Waals surface area contributed by atoms with Crippen LogP contribution in [0.15, 0.2) is 54.6 Å². The van der Waals surface area contributed by atoms with E-state index in [0.29, 0.717) is 0 Å². The van der Waals surface area contributed by atoms with Gasteiger partial charge in [-0.1, -0.05) is 29.8 Å². The second kappa shape index (κ2) is 6.06. The number of carboxylic acids is 1. The molecule has 4 aromatic rings. The third-order valence-electron chi connectivity index (χ3n) is 4.25. The van der Waals surface area contributed by atoms with Crippen LogP contribution in [0.4, 0.5) is 0 Å². The van der Waals surface area contributed by atoms with Gasteiger partial charge in [0.2, 0.25) is 0 Å². The molecule has 0 fully saturated rings. The number of aromatic carboxylic acids is 1. The van der Waals surface area contributed by atoms with E-state index in [1.165, 1.54) is 10.9 Å². The average Bonchev–Trinajstić information content (AvgIpc) is 3.26. The lowest BCUT2D eigenvalue weighted by molar-refractivity contribution is 0.0697. The van der Waals surface area contributed by atoms with Crippen molar-refractivity contribution in [1.82, 2.24) is 4.98 Å². The molecule has 4 rings (SSSR count). The molecular formula is C20H14ClNO2S. The first kappa shape index (κ1) is 15.9. The van der Waals surface area contributed by atoms with Crippen molar-refractivity contribution in [1.29, 1.82) is 0 Å². The van der Waals surface area contributed by atoms with Gasteiger partial charge in [-0.2, -0.15) is 0 Å². The van der Waals surface area contributed by atoms with Crippen LogP contribution < -0.4 is 0 Å². The molecule has 0 radical (unpaired) electrons. The minimum atomic E-state index is -0.920. The van der Waals surface area contributed by atoms with Gasteiger partial charge in [-0.25, -0.2) is 4.79 Å². The number of aryl methyl sites for hydroxylation is 1. The van der Waals surface area contributed by atoms with Gasteiger partial charge in [-0.05, 0) is 59.8 Å². The van der Waals surface area contributed by atoms with E-state index in [4.69, 9.17) is 16.7 Å². The molecule has 124 valence electrons. The third kappa shape index (κ3) is 2.84. The molecular weight excluding hydrogens is 354 g/mol. The van der Waals surface area contributed by atoms with Crippen molar-refractivity contribution in [2.24, 2.45) is 0 Å². The molecule has 0 unspecified atom stereocenters. The number of hydrogen-bond donors (Lipinski definition) is 2. The van der Waals surface area contributed by atoms with Gasteiger partial charge in [-0.3, -0.25) is 0 Å². The highest BCUT2D eigenvalue weighted by Crippen LogP contribution is 2.39. The van der Waals surface area contributed by atoms with Crippen molar-refractivity contribution in [2.45, 2.75) is 6.92 Å². The number of halogens is 1. The first-order valence-corrected chi connectivity index (χ1v) is 8.94. The predicted octanol–water partition coefficient (Wildman–Crippen LogP) is 6.22. The standard InChI is InChI=1S/C20H14ClNO2S/c1-11-2-7-15(21)19-14(11)10-18(25-19)17-9-8-16(22-17)12-3-5-13(6-4-12)20(23)24/h2-10,22H,1H3,(H,23,24). The second-order valence-corrected chi connectivity index (χ2v) is 7.35. The van der Waals surface area contributed by atoms with Crippen LogP contribution in [-0.4, -0.2) is 16.1 Å². The van der Waals surface area contributed by atoms with Gasteiger partial charge >= 0.3 is 5.97 Å². The number of carbonyl (C=O) groups is 1. The van der Waals surface area contributed by atoms with Crippen LogP contribution in [0.2, 0.25) is 5.02 Å². The third-order valence-corrected chi connectivity index (χ3v) is 5.88. The lowest BCUT2D eigenvalue weighted by Crippen LogP contribution is -1.94. The molecule has 0 bridgehead atoms. The summed E-state index contributed by atoms with van der Waals surface area (Å²) in [5, 5.41) is 10.9. The van der Waals surface area contributed by atoms with Gasteiger partial charge in [0, 0.05) is 5.69 Å². The van der Waals surface area contributed by atoms with E-state index >= 15 is 0 Å². The number of aromatic nitrogens is 1. The Hall–Kier alpha value is -2.56. The van der Waals surface area contributed by atoms with Gasteiger partial charge in [0.25, 0.3) is 0 Å². The summed E-state index contributed by atoms with van der Waals surface area (Å²) in [5.41, 5.74) is 4.41. The van der Waals surface area contributed by atoms with Crippen LogP contribution in [0.5, 0.6) is 0 Å². The van der Waals surface area contributed by atoms with Crippen molar-refractivity contribution >= 4 is 39.0 Å². The molecule has 3 nitrogen and oxygen atoms in total. The van der Waals surface area contributed by atoms with Crippen LogP contribution in [0.1, 0.15) is 15.9 Å². The minimum Gasteiger partial charge on any atom is -0.478 e. The van der Waals surface area contributed by atoms with E-state index in [1.54, 1.807) is 23.5 Å². The second-order valence-electron chi connectivity index (χ2n) is 5.89. The summed E-state index contributed by atoms with van der Waals surface area (Å²) in [4.78, 5) is 15.5. The average molecular weight is 368 g/mol. The molecule has 0 saturated heterocycles. The topological polar surface area (TPSA) is 53.1 Å². The number of rotatable bonds is 3. The van der Waals surface area contributed by atoms with Crippen LogP contribution in [0.25, 0.3) is 31.9 Å². The monoisotopic (exact) mass is 367 g/mol. The summed E-state index contributed by atoms with van der Waals surface area (Å²) < 4.78 is 1.10. The Balaban J connectivity index is 1.73. The molecule has 25 heavy (non-hydrogen) atoms. The smallest absolute Gasteiger partial charge is 0.335 e. The molecule has 5 heteroatoms. The number of fused-ring (bicyclic) bond motifs is 1. The highest BCUT2D eigenvalue weighted by molar-refractivity contribution is 7.22. The fourth-order valence-electron chi connectivity index (χ4n) is 2.86. The molecule has 2 N–H and O–H groups in total. The summed E-state index contributed by atoms with van der Waals surface area (Å²) in [5.74, 6) is -0.920. The summed E-state index contributed by atoms with van der Waals surface area (Å²) in [7, 11) is 0. The van der Waals surface area contributed by atoms with Crippen molar-refractivity contribution in [3.8, 4) is 21.8 Å². The molecule has 0 aliphatic carbocycles. The fraction of sp³-hybridized carbons (Fsp3) is 0.0500. The Morgan fingerprint density at radius 1 is 1.04 bits per heavy atom. The number of nitrogens with one attached hydrogen (secondary N) is 1. The summed E-state index contributed by atoms with van der Waals surface area (Å²) in [6.45, 7) is 2.08. The van der Waals surface area contributed by atoms with E-state index in [0.717, 1.165) is 31.6 Å². The summed E-state index contributed by atoms with van der Waals surface area (Å²) in [6.07, 6.45) is 0. The van der Waals surface area contributed by atoms with Crippen molar-refractivity contribution < 1.29 is 9.90 Å². The van der Waals surface area contributed by atoms with E-state index in [9.17, 15) is 4.79 Å². The number of benzene rings is 2. The molecule has 2 aromatic carbocycles. The maximum Gasteiger partial charge on any atom is 0.335 e. The highest BCUT2D eigenvalue weighted by atomic mass is 35.5. The fourth-order valence-corrected chi connectivity index (χ4v) is 4.26. The Morgan fingerprint density at radius 2 is 1.76 bits per heavy atom. The van der Waals surface area contributed by atoms with E-state index in [2.05, 4.69) is 18.0 Å². The number of hydrogen-bond acceptors (Lipinski definition) is 2. The molecule has 2 heterocycles. The van der Waals surface area contributed by atoms with Crippen LogP contribution in [0.3, 0.4) is 0 Å². The zero-order chi connectivity index (χ0) is 17.6. The summed E-state index contributed by atoms with van der Waals surface area (Å²) in [6, 6.07) is 17.0. The Morgan fingerprint density at radius 3 is 2.44 bits per heavy atom. The van der Waals surface area contributed by atoms with E-state index in [-0.39, 0.29) is 5.56 Å². The summed E-state index contributed by atoms with van der Waals surface area (Å²) >= 11 is 7.99. The maximum absolute atomic E-state index is 11.0. The number of carboxylic acid groups (broad SMARTS) is 1. The van der Waals surface area contributed by atoms with Gasteiger partial charge in [-0.15, -0.1) is 11.3 Å². The van der Waals surface area contributed by atoms with E-state index < -0.39 is 5.97 Å². The lowest BCUT2D eigenvalue weighted by atomic mass is 10.1. The SMILES string of the molecule is Cc1ccc(Cl)c2sc(-c3ccc(-c4ccc(C(=O)O)cc4)[nH]3)cc12. The zero-order valence-electron chi connectivity index (χ0n) is 13.3. The zero-order valence-corrected chi connectivity index (χ0v) is 14.9. The first-order valence-electron chi connectivity index (χ1n) is 7.75. The van der Waals surface area contributed by atoms with Crippen LogP contribution >= 0.6 is 22.9 Å². The molecule has 0 saturated carbocycles. The number of H-pyrrole nitrogens is 1. The normalized spacial score (nSPS) is 11.1. The Kier molecular flexibility index (Phi) is 3.86. The molecule has 0 spiro atoms. The lowest BCUT2D eigenvalue weighted by Gasteiger charge is -1.99. The molecule has 0 aliphatic rings. The Labute approximate surface area is 153 Å². The Bertz CT molecular complexity index is 1050.